The lowest BCUT2D eigenvalue weighted by molar-refractivity contribution is 0.0616. The lowest BCUT2D eigenvalue weighted by atomic mass is 9.75. The molecule has 2 aromatic heterocycles. The van der Waals surface area contributed by atoms with Crippen molar-refractivity contribution in [3.05, 3.63) is 36.2 Å². The van der Waals surface area contributed by atoms with Crippen molar-refractivity contribution in [1.29, 1.82) is 0 Å². The number of anilines is 1. The van der Waals surface area contributed by atoms with Gasteiger partial charge in [0.25, 0.3) is 5.91 Å². The lowest BCUT2D eigenvalue weighted by Gasteiger charge is -2.55. The minimum atomic E-state index is -0.900. The molecule has 2 aromatic rings. The third kappa shape index (κ3) is 6.30. The summed E-state index contributed by atoms with van der Waals surface area (Å²) >= 11 is 0. The van der Waals surface area contributed by atoms with Crippen LogP contribution in [-0.2, 0) is 0 Å². The zero-order chi connectivity index (χ0) is 30.7. The molecule has 43 heavy (non-hydrogen) atoms. The third-order valence-corrected chi connectivity index (χ3v) is 9.90. The van der Waals surface area contributed by atoms with Gasteiger partial charge in [-0.2, -0.15) is 0 Å². The Bertz CT molecular complexity index is 1300. The standard InChI is InChI=1S/C33H48N6O4/c1-6-33(23(5)19-22(3)4)21-38(32(41)42)17-18-39(33)28-11-10-26(25-9-8-14-34-31(25)43-7-2)35-29(28)30(40)36-27-20-37-15-12-24(27)13-16-37/h8-11,14,22-24,27H,6-7,12-13,15-21H2,1-5H3,(H,36,40)(H,41,42)/t23?,27-,33+/m1/s1. The number of carbonyl (C=O) groups excluding carboxylic acids is 1. The summed E-state index contributed by atoms with van der Waals surface area (Å²) < 4.78 is 5.82. The number of carbonyl (C=O) groups is 2. The van der Waals surface area contributed by atoms with E-state index in [-0.39, 0.29) is 17.9 Å². The third-order valence-electron chi connectivity index (χ3n) is 9.90. The fraction of sp³-hybridized carbons (Fsp3) is 0.636. The Morgan fingerprint density at radius 1 is 1.12 bits per heavy atom. The van der Waals surface area contributed by atoms with Crippen LogP contribution in [0.4, 0.5) is 10.5 Å². The van der Waals surface area contributed by atoms with Crippen LogP contribution >= 0.6 is 0 Å². The van der Waals surface area contributed by atoms with E-state index < -0.39 is 11.6 Å². The van der Waals surface area contributed by atoms with Crippen LogP contribution in [0.1, 0.15) is 70.8 Å². The highest BCUT2D eigenvalue weighted by Gasteiger charge is 2.47. The summed E-state index contributed by atoms with van der Waals surface area (Å²) in [5.41, 5.74) is 2.00. The highest BCUT2D eigenvalue weighted by atomic mass is 16.5. The maximum absolute atomic E-state index is 14.3. The van der Waals surface area contributed by atoms with Crippen molar-refractivity contribution in [1.82, 2.24) is 25.1 Å². The van der Waals surface area contributed by atoms with E-state index in [0.29, 0.717) is 55.3 Å². The number of piperidine rings is 3. The van der Waals surface area contributed by atoms with Crippen LogP contribution in [0.15, 0.2) is 30.5 Å². The van der Waals surface area contributed by atoms with E-state index >= 15 is 0 Å². The van der Waals surface area contributed by atoms with Gasteiger partial charge >= 0.3 is 6.09 Å². The monoisotopic (exact) mass is 592 g/mol. The normalized spacial score (nSPS) is 26.0. The van der Waals surface area contributed by atoms with E-state index in [2.05, 4.69) is 47.8 Å². The Balaban J connectivity index is 1.60. The number of aromatic nitrogens is 2. The fourth-order valence-corrected chi connectivity index (χ4v) is 7.65. The summed E-state index contributed by atoms with van der Waals surface area (Å²) in [4.78, 5) is 42.2. The summed E-state index contributed by atoms with van der Waals surface area (Å²) in [5.74, 6) is 1.41. The van der Waals surface area contributed by atoms with E-state index in [1.807, 2.05) is 31.2 Å². The summed E-state index contributed by atoms with van der Waals surface area (Å²) in [5, 5.41) is 13.4. The molecule has 10 nitrogen and oxygen atoms in total. The first kappa shape index (κ1) is 31.0. The van der Waals surface area contributed by atoms with Gasteiger partial charge in [0, 0.05) is 38.4 Å². The Hall–Kier alpha value is -3.40. The quantitative estimate of drug-likeness (QED) is 0.397. The number of piperazine rings is 1. The van der Waals surface area contributed by atoms with Gasteiger partial charge in [-0.3, -0.25) is 4.79 Å². The number of amides is 2. The molecule has 0 spiro atoms. The molecule has 6 heterocycles. The Labute approximate surface area is 255 Å². The Morgan fingerprint density at radius 2 is 1.88 bits per heavy atom. The number of pyridine rings is 2. The van der Waals surface area contributed by atoms with Crippen LogP contribution in [0.25, 0.3) is 11.3 Å². The van der Waals surface area contributed by atoms with Crippen molar-refractivity contribution in [2.24, 2.45) is 17.8 Å². The molecule has 0 saturated carbocycles. The number of nitrogens with zero attached hydrogens (tertiary/aromatic N) is 5. The van der Waals surface area contributed by atoms with Gasteiger partial charge in [-0.1, -0.05) is 27.7 Å². The molecule has 0 radical (unpaired) electrons. The van der Waals surface area contributed by atoms with Gasteiger partial charge in [-0.15, -0.1) is 0 Å². The molecule has 10 heteroatoms. The Kier molecular flexibility index (Phi) is 9.44. The van der Waals surface area contributed by atoms with E-state index in [4.69, 9.17) is 9.72 Å². The molecule has 4 fully saturated rings. The van der Waals surface area contributed by atoms with Gasteiger partial charge in [-0.25, -0.2) is 14.8 Å². The molecule has 1 unspecified atom stereocenters. The van der Waals surface area contributed by atoms with Crippen molar-refractivity contribution in [2.75, 3.05) is 50.8 Å². The lowest BCUT2D eigenvalue weighted by Crippen LogP contribution is -2.66. The van der Waals surface area contributed by atoms with Crippen molar-refractivity contribution in [3.63, 3.8) is 0 Å². The van der Waals surface area contributed by atoms with Crippen molar-refractivity contribution in [2.45, 2.75) is 71.9 Å². The maximum Gasteiger partial charge on any atom is 0.407 e. The van der Waals surface area contributed by atoms with Crippen LogP contribution in [0, 0.1) is 17.8 Å². The molecule has 2 amide bonds. The van der Waals surface area contributed by atoms with Gasteiger partial charge in [-0.05, 0) is 87.7 Å². The molecular weight excluding hydrogens is 544 g/mol. The molecule has 6 rings (SSSR count). The molecule has 234 valence electrons. The van der Waals surface area contributed by atoms with E-state index in [0.717, 1.165) is 56.6 Å². The number of rotatable bonds is 10. The van der Waals surface area contributed by atoms with Crippen LogP contribution in [0.3, 0.4) is 0 Å². The SMILES string of the molecule is CCOc1ncccc1-c1ccc(N2CCN(C(=O)O)C[C@@]2(CC)C(C)CC(C)C)c(C(=O)N[C@@H]2CN3CCC2CC3)n1. The highest BCUT2D eigenvalue weighted by Crippen LogP contribution is 2.41. The van der Waals surface area contributed by atoms with Crippen LogP contribution in [0.2, 0.25) is 0 Å². The molecule has 3 atom stereocenters. The number of nitrogens with one attached hydrogen (secondary N) is 1. The number of carboxylic acid groups (broad SMARTS) is 1. The number of hydrogen-bond donors (Lipinski definition) is 2. The van der Waals surface area contributed by atoms with Gasteiger partial charge in [0.1, 0.15) is 0 Å². The molecule has 4 aliphatic rings. The predicted octanol–water partition coefficient (Wildman–Crippen LogP) is 5.00. The van der Waals surface area contributed by atoms with Crippen molar-refractivity contribution in [3.8, 4) is 17.1 Å². The summed E-state index contributed by atoms with van der Waals surface area (Å²) in [6, 6.07) is 7.80. The fourth-order valence-electron chi connectivity index (χ4n) is 7.65. The predicted molar refractivity (Wildman–Crippen MR) is 168 cm³/mol. The van der Waals surface area contributed by atoms with Crippen LogP contribution in [0.5, 0.6) is 5.88 Å². The number of hydrogen-bond acceptors (Lipinski definition) is 7. The van der Waals surface area contributed by atoms with Crippen LogP contribution in [-0.4, -0.2) is 94.3 Å². The first-order valence-corrected chi connectivity index (χ1v) is 16.0. The number of fused-ring (bicyclic) bond motifs is 3. The molecule has 2 bridgehead atoms. The van der Waals surface area contributed by atoms with E-state index in [1.54, 1.807) is 6.20 Å². The zero-order valence-electron chi connectivity index (χ0n) is 26.4. The largest absolute Gasteiger partial charge is 0.477 e. The average molecular weight is 593 g/mol. The van der Waals surface area contributed by atoms with Gasteiger partial charge in [0.15, 0.2) is 5.69 Å². The highest BCUT2D eigenvalue weighted by molar-refractivity contribution is 5.99. The summed E-state index contributed by atoms with van der Waals surface area (Å²) in [7, 11) is 0. The van der Waals surface area contributed by atoms with Gasteiger partial charge in [0.2, 0.25) is 5.88 Å². The molecule has 4 saturated heterocycles. The summed E-state index contributed by atoms with van der Waals surface area (Å²) in [6.45, 7) is 15.4. The smallest absolute Gasteiger partial charge is 0.407 e. The van der Waals surface area contributed by atoms with Crippen LogP contribution < -0.4 is 15.0 Å². The first-order chi connectivity index (χ1) is 20.7. The maximum atomic E-state index is 14.3. The minimum absolute atomic E-state index is 0.0883. The van der Waals surface area contributed by atoms with Gasteiger partial charge < -0.3 is 29.9 Å². The molecule has 2 N–H and O–H groups in total. The summed E-state index contributed by atoms with van der Waals surface area (Å²) in [6.07, 6.45) is 4.67. The second-order valence-corrected chi connectivity index (χ2v) is 12.9. The zero-order valence-corrected chi connectivity index (χ0v) is 26.4. The number of ether oxygens (including phenoxy) is 1. The molecule has 4 aliphatic heterocycles. The van der Waals surface area contributed by atoms with Crippen molar-refractivity contribution < 1.29 is 19.4 Å². The van der Waals surface area contributed by atoms with E-state index in [1.165, 1.54) is 4.90 Å². The second kappa shape index (κ2) is 13.1. The van der Waals surface area contributed by atoms with E-state index in [9.17, 15) is 14.7 Å². The second-order valence-electron chi connectivity index (χ2n) is 12.9. The average Bonchev–Trinajstić information content (AvgIpc) is 3.01. The molecular formula is C33H48N6O4. The Morgan fingerprint density at radius 3 is 2.51 bits per heavy atom. The van der Waals surface area contributed by atoms with Gasteiger partial charge in [0.05, 0.1) is 29.1 Å². The minimum Gasteiger partial charge on any atom is -0.477 e. The topological polar surface area (TPSA) is 111 Å². The molecule has 0 aliphatic carbocycles. The molecule has 0 aromatic carbocycles. The first-order valence-electron chi connectivity index (χ1n) is 16.0. The van der Waals surface area contributed by atoms with Crippen molar-refractivity contribution >= 4 is 17.7 Å².